The molecule has 5 N–H and O–H groups in total. The average molecular weight is 298 g/mol. The van der Waals surface area contributed by atoms with E-state index in [1.807, 2.05) is 0 Å². The standard InChI is InChI=1S/C4H10N.CHO2.Ho.H2N/c1-2-3-4-5;2-1-3;;/h1-5H2;(H,2,3);;1H2/q;;+1;-1. The Hall–Kier alpha value is 0.650. The summed E-state index contributed by atoms with van der Waals surface area (Å²) in [5.74, 6) is 0. The van der Waals surface area contributed by atoms with Crippen LogP contribution in [0, 0.1) is 32.3 Å². The summed E-state index contributed by atoms with van der Waals surface area (Å²) in [5, 5.41) is 8.39. The number of carbonyl (C=O) groups is 1. The van der Waals surface area contributed by atoms with Gasteiger partial charge in [-0.15, -0.1) is 0 Å². The third-order valence-electron chi connectivity index (χ3n) is 0.889. The molecular weight excluding hydrogens is 285 g/mol. The second-order valence-corrected chi connectivity index (χ2v) is 5.51. The van der Waals surface area contributed by atoms with E-state index in [2.05, 4.69) is 0 Å². The van der Waals surface area contributed by atoms with Gasteiger partial charge in [-0.05, 0) is 0 Å². The molecule has 0 rings (SSSR count). The molecule has 0 aliphatic carbocycles. The Morgan fingerprint density at radius 3 is 2.50 bits per heavy atom. The summed E-state index contributed by atoms with van der Waals surface area (Å²) >= 11 is -2.03. The van der Waals surface area contributed by atoms with Crippen molar-refractivity contribution in [2.75, 3.05) is 6.54 Å². The summed E-state index contributed by atoms with van der Waals surface area (Å²) in [4.78, 5) is 10.2. The normalized spacial score (nSPS) is 11.2. The molecule has 0 atom stereocenters. The quantitative estimate of drug-likeness (QED) is 0.503. The fourth-order valence-electron chi connectivity index (χ4n) is 0.399. The van der Waals surface area contributed by atoms with Crippen molar-refractivity contribution < 1.29 is 42.2 Å². The summed E-state index contributed by atoms with van der Waals surface area (Å²) in [5.41, 5.74) is 5.22. The van der Waals surface area contributed by atoms with Gasteiger partial charge in [0.2, 0.25) is 0 Å². The number of carboxylic acid groups (broad SMARTS) is 1. The van der Waals surface area contributed by atoms with Crippen molar-refractivity contribution in [3.63, 3.8) is 0 Å². The van der Waals surface area contributed by atoms with Gasteiger partial charge in [-0.25, -0.2) is 0 Å². The van der Waals surface area contributed by atoms with Gasteiger partial charge in [0.05, 0.1) is 0 Å². The molecule has 0 saturated carbocycles. The van der Waals surface area contributed by atoms with E-state index in [1.165, 1.54) is 0 Å². The molecule has 0 aliphatic heterocycles. The van der Waals surface area contributed by atoms with E-state index in [-0.39, 0.29) is 0 Å². The maximum absolute atomic E-state index is 10.2. The van der Waals surface area contributed by atoms with E-state index in [4.69, 9.17) is 13.1 Å². The van der Waals surface area contributed by atoms with E-state index in [0.29, 0.717) is 9.06 Å². The van der Waals surface area contributed by atoms with E-state index in [9.17, 15) is 4.79 Å². The second kappa shape index (κ2) is 6.37. The zero-order chi connectivity index (χ0) is 7.98. The maximum atomic E-state index is 10.2. The first-order valence-corrected chi connectivity index (χ1v) is 6.33. The van der Waals surface area contributed by atoms with Crippen molar-refractivity contribution in [3.05, 3.63) is 0 Å². The summed E-state index contributed by atoms with van der Waals surface area (Å²) in [6, 6.07) is 0. The molecule has 0 aromatic heterocycles. The number of hydrogen-bond acceptors (Lipinski definition) is 3. The van der Waals surface area contributed by atoms with Gasteiger partial charge in [0, 0.05) is 0 Å². The van der Waals surface area contributed by atoms with Crippen LogP contribution in [0.15, 0.2) is 0 Å². The number of nitrogens with two attached hydrogens (primary N) is 2. The summed E-state index contributed by atoms with van der Waals surface area (Å²) in [6.45, 7) is 0.627. The third-order valence-corrected chi connectivity index (χ3v) is 3.68. The second-order valence-electron chi connectivity index (χ2n) is 1.68. The third kappa shape index (κ3) is 5.44. The fraction of sp³-hybridized carbons (Fsp3) is 0.800. The zero-order valence-electron chi connectivity index (χ0n) is 5.64. The molecule has 5 heteroatoms. The van der Waals surface area contributed by atoms with E-state index >= 15 is 0 Å². The summed E-state index contributed by atoms with van der Waals surface area (Å²) < 4.78 is 5.25. The fourth-order valence-corrected chi connectivity index (χ4v) is 2.03. The van der Waals surface area contributed by atoms with Crippen molar-refractivity contribution >= 4 is 2.07 Å². The zero-order valence-corrected chi connectivity index (χ0v) is 7.57. The first kappa shape index (κ1) is 10.6. The number of unbranched alkanes of at least 4 members (excludes halogenated alkanes) is 1. The van der Waals surface area contributed by atoms with Crippen molar-refractivity contribution in [1.29, 1.82) is 0 Å². The predicted octanol–water partition coefficient (Wildman–Crippen LogP) is 0.316. The Morgan fingerprint density at radius 1 is 1.50 bits per heavy atom. The van der Waals surface area contributed by atoms with Crippen LogP contribution in [0.4, 0.5) is 4.79 Å². The van der Waals surface area contributed by atoms with Crippen LogP contribution in [0.1, 0.15) is 12.8 Å². The van der Waals surface area contributed by atoms with Crippen LogP contribution >= 0.6 is 0 Å². The van der Waals surface area contributed by atoms with Crippen LogP contribution in [0.5, 0.6) is 0 Å². The van der Waals surface area contributed by atoms with Crippen molar-refractivity contribution in [3.8, 4) is 0 Å². The molecule has 0 amide bonds. The van der Waals surface area contributed by atoms with Crippen LogP contribution < -0.4 is 7.95 Å². The van der Waals surface area contributed by atoms with E-state index < -0.39 is 34.3 Å². The molecule has 0 spiro atoms. The Morgan fingerprint density at radius 2 is 2.10 bits per heavy atom. The predicted molar refractivity (Wildman–Crippen MR) is 35.3 cm³/mol. The van der Waals surface area contributed by atoms with E-state index in [1.54, 1.807) is 0 Å². The molecule has 0 aromatic rings. The Balaban J connectivity index is 3.21. The average Bonchev–Trinajstić information content (AvgIpc) is 1.88. The van der Waals surface area contributed by atoms with E-state index in [0.717, 1.165) is 12.8 Å². The SMILES string of the molecule is NCCC[CH2][Ho]([NH2])[C](=O)O. The minimum atomic E-state index is -2.03. The van der Waals surface area contributed by atoms with Crippen molar-refractivity contribution in [2.45, 2.75) is 15.4 Å². The van der Waals surface area contributed by atoms with Crippen LogP contribution in [-0.4, -0.2) is 13.7 Å². The summed E-state index contributed by atoms with van der Waals surface area (Å²) in [6.07, 6.45) is 1.75. The van der Waals surface area contributed by atoms with Gasteiger partial charge in [-0.2, -0.15) is 0 Å². The van der Waals surface area contributed by atoms with Gasteiger partial charge in [-0.1, -0.05) is 0 Å². The molecule has 0 aromatic carbocycles. The molecule has 0 fully saturated rings. The van der Waals surface area contributed by atoms with Crippen molar-refractivity contribution in [2.24, 2.45) is 7.95 Å². The topological polar surface area (TPSA) is 89.3 Å². The Kier molecular flexibility index (Phi) is 6.78. The number of hydrogen-bond donors (Lipinski definition) is 3. The van der Waals surface area contributed by atoms with Gasteiger partial charge in [-0.3, -0.25) is 0 Å². The molecule has 10 heavy (non-hydrogen) atoms. The first-order chi connectivity index (χ1) is 4.68. The monoisotopic (exact) mass is 298 g/mol. The van der Waals surface area contributed by atoms with Gasteiger partial charge in [0.25, 0.3) is 0 Å². The molecule has 0 unspecified atom stereocenters. The van der Waals surface area contributed by atoms with Gasteiger partial charge >= 0.3 is 74.1 Å². The molecule has 0 saturated heterocycles. The van der Waals surface area contributed by atoms with Crippen LogP contribution in [-0.2, 0) is 0 Å². The summed E-state index contributed by atoms with van der Waals surface area (Å²) in [7, 11) is 0. The van der Waals surface area contributed by atoms with Gasteiger partial charge in [0.1, 0.15) is 0 Å². The minimum absolute atomic E-state index is 0.627. The van der Waals surface area contributed by atoms with Crippen LogP contribution in [0.3, 0.4) is 0 Å². The van der Waals surface area contributed by atoms with Crippen molar-refractivity contribution in [1.82, 2.24) is 0 Å². The number of rotatable bonds is 5. The molecule has 0 heterocycles. The Labute approximate surface area is 73.5 Å². The van der Waals surface area contributed by atoms with Gasteiger partial charge < -0.3 is 0 Å². The molecule has 0 aliphatic rings. The Bertz CT molecular complexity index is 110. The molecule has 4 nitrogen and oxygen atoms in total. The molecular formula is C5H13HoN2O2. The van der Waals surface area contributed by atoms with Gasteiger partial charge in [0.15, 0.2) is 0 Å². The molecule has 0 bridgehead atoms. The van der Waals surface area contributed by atoms with Crippen LogP contribution in [0.2, 0.25) is 2.52 Å². The first-order valence-electron chi connectivity index (χ1n) is 2.87. The van der Waals surface area contributed by atoms with Crippen LogP contribution in [0.25, 0.3) is 0 Å². The molecule has 0 radical (unpaired) electrons. The molecule has 66 valence electrons.